The second kappa shape index (κ2) is 5.01. The normalized spacial score (nSPS) is 25.6. The van der Waals surface area contributed by atoms with Crippen LogP contribution in [0, 0.1) is 5.41 Å². The van der Waals surface area contributed by atoms with Crippen LogP contribution >= 0.6 is 0 Å². The van der Waals surface area contributed by atoms with Gasteiger partial charge in [-0.25, -0.2) is 5.01 Å². The minimum absolute atomic E-state index is 0.258. The third-order valence-electron chi connectivity index (χ3n) is 3.68. The fourth-order valence-electron chi connectivity index (χ4n) is 2.34. The number of piperidine rings is 1. The topological polar surface area (TPSA) is 73.9 Å². The van der Waals surface area contributed by atoms with Crippen molar-refractivity contribution in [2.45, 2.75) is 38.5 Å². The molecule has 16 heavy (non-hydrogen) atoms. The maximum absolute atomic E-state index is 8.57. The van der Waals surface area contributed by atoms with Crippen molar-refractivity contribution < 1.29 is 5.21 Å². The zero-order valence-corrected chi connectivity index (χ0v) is 9.78. The molecule has 4 N–H and O–H groups in total. The first-order valence-electron chi connectivity index (χ1n) is 6.19. The van der Waals surface area contributed by atoms with Gasteiger partial charge in [-0.05, 0) is 31.1 Å². The lowest BCUT2D eigenvalue weighted by Gasteiger charge is -2.29. The number of nitrogens with one attached hydrogen (secondary N) is 1. The standard InChI is InChI=1S/C11H22N4O/c12-10(14-16)8-11(4-5-11)9-13-15-6-2-1-3-7-15/h13,16H,1-9H2,(H2,12,14). The van der Waals surface area contributed by atoms with E-state index >= 15 is 0 Å². The second-order valence-corrected chi connectivity index (χ2v) is 5.15. The van der Waals surface area contributed by atoms with E-state index in [1.165, 1.54) is 32.1 Å². The van der Waals surface area contributed by atoms with Crippen LogP contribution in [0.3, 0.4) is 0 Å². The molecule has 0 atom stereocenters. The third kappa shape index (κ3) is 3.09. The number of nitrogens with zero attached hydrogens (tertiary/aromatic N) is 2. The lowest BCUT2D eigenvalue weighted by molar-refractivity contribution is 0.140. The Kier molecular flexibility index (Phi) is 3.66. The van der Waals surface area contributed by atoms with Crippen molar-refractivity contribution in [1.82, 2.24) is 10.4 Å². The molecule has 1 aliphatic heterocycles. The van der Waals surface area contributed by atoms with Gasteiger partial charge >= 0.3 is 0 Å². The van der Waals surface area contributed by atoms with Crippen LogP contribution in [0.4, 0.5) is 0 Å². The van der Waals surface area contributed by atoms with Crippen LogP contribution in [0.5, 0.6) is 0 Å². The quantitative estimate of drug-likeness (QED) is 0.282. The summed E-state index contributed by atoms with van der Waals surface area (Å²) in [6.07, 6.45) is 7.02. The molecule has 0 aromatic carbocycles. The first-order valence-corrected chi connectivity index (χ1v) is 6.19. The summed E-state index contributed by atoms with van der Waals surface area (Å²) in [4.78, 5) is 0. The highest BCUT2D eigenvalue weighted by Gasteiger charge is 2.43. The molecule has 0 unspecified atom stereocenters. The van der Waals surface area contributed by atoms with Crippen molar-refractivity contribution >= 4 is 5.84 Å². The van der Waals surface area contributed by atoms with E-state index in [1.807, 2.05) is 0 Å². The van der Waals surface area contributed by atoms with Crippen LogP contribution in [0.15, 0.2) is 5.16 Å². The van der Waals surface area contributed by atoms with Crippen LogP contribution in [-0.4, -0.2) is 35.7 Å². The minimum Gasteiger partial charge on any atom is -0.409 e. The first kappa shape index (κ1) is 11.7. The van der Waals surface area contributed by atoms with Crippen LogP contribution in [-0.2, 0) is 0 Å². The smallest absolute Gasteiger partial charge is 0.139 e. The number of hydrogen-bond acceptors (Lipinski definition) is 4. The van der Waals surface area contributed by atoms with Gasteiger partial charge in [0.2, 0.25) is 0 Å². The molecule has 0 aromatic heterocycles. The van der Waals surface area contributed by atoms with Gasteiger partial charge in [-0.3, -0.25) is 5.43 Å². The summed E-state index contributed by atoms with van der Waals surface area (Å²) in [6.45, 7) is 3.27. The van der Waals surface area contributed by atoms with Crippen molar-refractivity contribution in [3.63, 3.8) is 0 Å². The van der Waals surface area contributed by atoms with Crippen LogP contribution in [0.2, 0.25) is 0 Å². The van der Waals surface area contributed by atoms with Crippen molar-refractivity contribution in [2.24, 2.45) is 16.3 Å². The monoisotopic (exact) mass is 226 g/mol. The molecule has 0 radical (unpaired) electrons. The highest BCUT2D eigenvalue weighted by Crippen LogP contribution is 2.48. The van der Waals surface area contributed by atoms with Crippen molar-refractivity contribution in [3.05, 3.63) is 0 Å². The molecule has 2 aliphatic rings. The number of oxime groups is 1. The highest BCUT2D eigenvalue weighted by molar-refractivity contribution is 5.80. The zero-order valence-electron chi connectivity index (χ0n) is 9.78. The second-order valence-electron chi connectivity index (χ2n) is 5.15. The Morgan fingerprint density at radius 1 is 1.31 bits per heavy atom. The van der Waals surface area contributed by atoms with Gasteiger partial charge in [0, 0.05) is 26.1 Å². The van der Waals surface area contributed by atoms with Crippen LogP contribution in [0.25, 0.3) is 0 Å². The van der Waals surface area contributed by atoms with E-state index in [2.05, 4.69) is 15.6 Å². The Hall–Kier alpha value is -0.810. The summed E-state index contributed by atoms with van der Waals surface area (Å²) in [5.74, 6) is 0.359. The molecule has 1 heterocycles. The zero-order chi connectivity index (χ0) is 11.4. The molecule has 0 spiro atoms. The van der Waals surface area contributed by atoms with Gasteiger partial charge in [-0.2, -0.15) is 0 Å². The van der Waals surface area contributed by atoms with Gasteiger partial charge in [0.1, 0.15) is 5.84 Å². The van der Waals surface area contributed by atoms with E-state index < -0.39 is 0 Å². The molecular formula is C11H22N4O. The van der Waals surface area contributed by atoms with Crippen LogP contribution < -0.4 is 11.2 Å². The molecule has 0 bridgehead atoms. The summed E-state index contributed by atoms with van der Waals surface area (Å²) >= 11 is 0. The SMILES string of the molecule is NC(CC1(CNN2CCCCC2)CC1)=NO. The predicted molar refractivity (Wildman–Crippen MR) is 63.1 cm³/mol. The van der Waals surface area contributed by atoms with Gasteiger partial charge < -0.3 is 10.9 Å². The molecule has 1 aliphatic carbocycles. The summed E-state index contributed by atoms with van der Waals surface area (Å²) in [6, 6.07) is 0. The maximum atomic E-state index is 8.57. The van der Waals surface area contributed by atoms with Crippen molar-refractivity contribution in [1.29, 1.82) is 0 Å². The van der Waals surface area contributed by atoms with E-state index in [-0.39, 0.29) is 5.41 Å². The Morgan fingerprint density at radius 2 is 2.00 bits per heavy atom. The molecular weight excluding hydrogens is 204 g/mol. The first-order chi connectivity index (χ1) is 7.74. The molecule has 5 heteroatoms. The molecule has 1 saturated heterocycles. The maximum Gasteiger partial charge on any atom is 0.139 e. The fourth-order valence-corrected chi connectivity index (χ4v) is 2.34. The lowest BCUT2D eigenvalue weighted by Crippen LogP contribution is -2.44. The fraction of sp³-hybridized carbons (Fsp3) is 0.909. The van der Waals surface area contributed by atoms with E-state index in [0.29, 0.717) is 12.3 Å². The summed E-state index contributed by atoms with van der Waals surface area (Å²) in [5, 5.41) is 14.0. The number of rotatable bonds is 5. The largest absolute Gasteiger partial charge is 0.409 e. The highest BCUT2D eigenvalue weighted by atomic mass is 16.4. The van der Waals surface area contributed by atoms with Crippen molar-refractivity contribution in [3.8, 4) is 0 Å². The minimum atomic E-state index is 0.258. The third-order valence-corrected chi connectivity index (χ3v) is 3.68. The molecule has 5 nitrogen and oxygen atoms in total. The molecule has 92 valence electrons. The number of hydrazine groups is 1. The number of nitrogens with two attached hydrogens (primary N) is 1. The van der Waals surface area contributed by atoms with E-state index in [9.17, 15) is 0 Å². The van der Waals surface area contributed by atoms with Crippen molar-refractivity contribution in [2.75, 3.05) is 19.6 Å². The summed E-state index contributed by atoms with van der Waals surface area (Å²) in [7, 11) is 0. The number of hydrogen-bond donors (Lipinski definition) is 3. The van der Waals surface area contributed by atoms with E-state index in [1.54, 1.807) is 0 Å². The van der Waals surface area contributed by atoms with Gasteiger partial charge in [-0.15, -0.1) is 0 Å². The Morgan fingerprint density at radius 3 is 2.56 bits per heavy atom. The Bertz CT molecular complexity index is 257. The molecule has 2 rings (SSSR count). The summed E-state index contributed by atoms with van der Waals surface area (Å²) in [5.41, 5.74) is 9.32. The molecule has 2 fully saturated rings. The molecule has 0 aromatic rings. The van der Waals surface area contributed by atoms with Crippen LogP contribution in [0.1, 0.15) is 38.5 Å². The Balaban J connectivity index is 1.72. The lowest BCUT2D eigenvalue weighted by atomic mass is 10.0. The molecule has 1 saturated carbocycles. The predicted octanol–water partition coefficient (Wildman–Crippen LogP) is 0.894. The summed E-state index contributed by atoms with van der Waals surface area (Å²) < 4.78 is 0. The molecule has 0 amide bonds. The number of amidine groups is 1. The average molecular weight is 226 g/mol. The average Bonchev–Trinajstić information content (AvgIpc) is 3.08. The van der Waals surface area contributed by atoms with Gasteiger partial charge in [-0.1, -0.05) is 11.6 Å². The van der Waals surface area contributed by atoms with Gasteiger partial charge in [0.25, 0.3) is 0 Å². The van der Waals surface area contributed by atoms with E-state index in [4.69, 9.17) is 10.9 Å². The van der Waals surface area contributed by atoms with Gasteiger partial charge in [0.15, 0.2) is 0 Å². The Labute approximate surface area is 96.6 Å². The van der Waals surface area contributed by atoms with E-state index in [0.717, 1.165) is 19.6 Å². The van der Waals surface area contributed by atoms with Gasteiger partial charge in [0.05, 0.1) is 0 Å².